The van der Waals surface area contributed by atoms with Gasteiger partial charge >= 0.3 is 12.2 Å². The minimum Gasteiger partial charge on any atom is -0.465 e. The zero-order valence-corrected chi connectivity index (χ0v) is 23.7. The summed E-state index contributed by atoms with van der Waals surface area (Å²) in [6, 6.07) is 8.31. The summed E-state index contributed by atoms with van der Waals surface area (Å²) in [5.41, 5.74) is 1.45. The average molecular weight is 542 g/mol. The van der Waals surface area contributed by atoms with E-state index in [1.807, 2.05) is 12.1 Å². The molecule has 3 rings (SSSR count). The van der Waals surface area contributed by atoms with E-state index in [1.165, 1.54) is 50.5 Å². The molecular weight excluding hydrogens is 498 g/mol. The van der Waals surface area contributed by atoms with Crippen LogP contribution in [0.15, 0.2) is 33.8 Å². The number of hydrogen-bond donors (Lipinski definition) is 2. The highest BCUT2D eigenvalue weighted by Gasteiger charge is 2.29. The van der Waals surface area contributed by atoms with Gasteiger partial charge in [0.1, 0.15) is 5.60 Å². The van der Waals surface area contributed by atoms with Gasteiger partial charge in [0, 0.05) is 18.7 Å². The predicted molar refractivity (Wildman–Crippen MR) is 150 cm³/mol. The van der Waals surface area contributed by atoms with Gasteiger partial charge in [-0.3, -0.25) is 5.32 Å². The number of ether oxygens (including phenoxy) is 1. The Morgan fingerprint density at radius 3 is 2.49 bits per heavy atom. The molecule has 2 amide bonds. The molecule has 2 N–H and O–H groups in total. The molecule has 1 atom stereocenters. The summed E-state index contributed by atoms with van der Waals surface area (Å²) in [6.07, 6.45) is 9.51. The Hall–Kier alpha value is -3.43. The molecule has 0 unspecified atom stereocenters. The monoisotopic (exact) mass is 541 g/mol. The Balaban J connectivity index is 1.59. The maximum absolute atomic E-state index is 12.2. The van der Waals surface area contributed by atoms with E-state index in [4.69, 9.17) is 9.26 Å². The zero-order chi connectivity index (χ0) is 28.3. The average Bonchev–Trinajstić information content (AvgIpc) is 3.37. The standard InChI is InChI=1S/C29H43N5O5/c1-5-6-7-8-9-10-11-13-21-15-17-22(18-16-21)24-30-25(39-33-24)23-14-12-19-34(20-23)26(31-27(35)36)32-28(37)38-29(2,3)4/h15-18,23H,5-14,19-20H2,1-4H3,(H,35,36)(H,31,32,37)/t23-/m1/s1. The molecule has 2 heterocycles. The van der Waals surface area contributed by atoms with Crippen molar-refractivity contribution in [3.63, 3.8) is 0 Å². The highest BCUT2D eigenvalue weighted by Crippen LogP contribution is 2.28. The van der Waals surface area contributed by atoms with Crippen LogP contribution in [0.1, 0.15) is 103 Å². The lowest BCUT2D eigenvalue weighted by Gasteiger charge is -2.32. The molecule has 0 spiro atoms. The van der Waals surface area contributed by atoms with Crippen LogP contribution in [0.4, 0.5) is 9.59 Å². The van der Waals surface area contributed by atoms with Crippen LogP contribution in [0.25, 0.3) is 11.4 Å². The van der Waals surface area contributed by atoms with Crippen molar-refractivity contribution in [1.29, 1.82) is 0 Å². The first-order valence-corrected chi connectivity index (χ1v) is 14.1. The van der Waals surface area contributed by atoms with Crippen LogP contribution >= 0.6 is 0 Å². The molecule has 10 heteroatoms. The molecule has 0 bridgehead atoms. The molecule has 0 saturated carbocycles. The van der Waals surface area contributed by atoms with Gasteiger partial charge in [-0.25, -0.2) is 9.59 Å². The molecule has 1 saturated heterocycles. The normalized spacial score (nSPS) is 16.3. The fourth-order valence-corrected chi connectivity index (χ4v) is 4.64. The topological polar surface area (TPSA) is 130 Å². The quantitative estimate of drug-likeness (QED) is 0.191. The predicted octanol–water partition coefficient (Wildman–Crippen LogP) is 6.77. The number of aryl methyl sites for hydroxylation is 1. The molecule has 0 aliphatic carbocycles. The Kier molecular flexibility index (Phi) is 11.3. The first-order chi connectivity index (χ1) is 18.6. The van der Waals surface area contributed by atoms with Crippen molar-refractivity contribution < 1.29 is 24.0 Å². The molecular formula is C29H43N5O5. The van der Waals surface area contributed by atoms with Crippen molar-refractivity contribution >= 4 is 18.1 Å². The van der Waals surface area contributed by atoms with Gasteiger partial charge in [-0.2, -0.15) is 4.98 Å². The Labute approximate surface area is 231 Å². The van der Waals surface area contributed by atoms with Crippen molar-refractivity contribution in [3.8, 4) is 11.4 Å². The minimum absolute atomic E-state index is 0.0715. The first-order valence-electron chi connectivity index (χ1n) is 14.1. The van der Waals surface area contributed by atoms with Crippen LogP contribution in [0, 0.1) is 0 Å². The number of carbonyl (C=O) groups is 2. The number of nitrogens with zero attached hydrogens (tertiary/aromatic N) is 4. The second kappa shape index (κ2) is 14.6. The Bertz CT molecular complexity index is 1090. The lowest BCUT2D eigenvalue weighted by atomic mass is 9.98. The minimum atomic E-state index is -1.31. The van der Waals surface area contributed by atoms with Gasteiger partial charge in [0.25, 0.3) is 0 Å². The summed E-state index contributed by atoms with van der Waals surface area (Å²) in [7, 11) is 0. The summed E-state index contributed by atoms with van der Waals surface area (Å²) in [4.78, 5) is 33.8. The van der Waals surface area contributed by atoms with Crippen molar-refractivity contribution in [3.05, 3.63) is 35.7 Å². The second-order valence-corrected chi connectivity index (χ2v) is 11.2. The molecule has 1 aliphatic heterocycles. The van der Waals surface area contributed by atoms with E-state index >= 15 is 0 Å². The summed E-state index contributed by atoms with van der Waals surface area (Å²) in [5, 5.41) is 15.7. The molecule has 1 aromatic carbocycles. The first kappa shape index (κ1) is 30.1. The third-order valence-corrected chi connectivity index (χ3v) is 6.60. The molecule has 1 aromatic heterocycles. The van der Waals surface area contributed by atoms with Crippen LogP contribution in [0.3, 0.4) is 0 Å². The Morgan fingerprint density at radius 2 is 1.82 bits per heavy atom. The summed E-state index contributed by atoms with van der Waals surface area (Å²) < 4.78 is 10.8. The molecule has 2 aromatic rings. The van der Waals surface area contributed by atoms with Crippen molar-refractivity contribution in [2.75, 3.05) is 13.1 Å². The van der Waals surface area contributed by atoms with Crippen LogP contribution in [-0.2, 0) is 11.2 Å². The third-order valence-electron chi connectivity index (χ3n) is 6.60. The number of piperidine rings is 1. The number of aromatic nitrogens is 2. The number of carboxylic acid groups (broad SMARTS) is 1. The number of nitrogens with one attached hydrogen (secondary N) is 1. The number of hydrogen-bond acceptors (Lipinski definition) is 6. The van der Waals surface area contributed by atoms with E-state index in [-0.39, 0.29) is 11.9 Å². The van der Waals surface area contributed by atoms with Gasteiger partial charge in [-0.1, -0.05) is 74.9 Å². The van der Waals surface area contributed by atoms with Gasteiger partial charge < -0.3 is 19.3 Å². The van der Waals surface area contributed by atoms with E-state index in [0.29, 0.717) is 24.8 Å². The molecule has 39 heavy (non-hydrogen) atoms. The van der Waals surface area contributed by atoms with E-state index in [0.717, 1.165) is 24.8 Å². The smallest absolute Gasteiger partial charge is 0.437 e. The van der Waals surface area contributed by atoms with Gasteiger partial charge in [-0.15, -0.1) is 4.99 Å². The zero-order valence-electron chi connectivity index (χ0n) is 23.7. The highest BCUT2D eigenvalue weighted by atomic mass is 16.6. The second-order valence-electron chi connectivity index (χ2n) is 11.2. The Morgan fingerprint density at radius 1 is 1.13 bits per heavy atom. The number of carbonyl (C=O) groups excluding carboxylic acids is 1. The van der Waals surface area contributed by atoms with Gasteiger partial charge in [0.15, 0.2) is 0 Å². The van der Waals surface area contributed by atoms with E-state index in [9.17, 15) is 14.7 Å². The number of rotatable bonds is 10. The molecule has 1 fully saturated rings. The summed E-state index contributed by atoms with van der Waals surface area (Å²) in [5.74, 6) is 0.804. The number of aliphatic imine (C=N–C) groups is 1. The van der Waals surface area contributed by atoms with E-state index in [2.05, 4.69) is 39.5 Å². The fraction of sp³-hybridized carbons (Fsp3) is 0.621. The SMILES string of the molecule is CCCCCCCCCc1ccc(-c2noc([C@@H]3CCCN(C(=NC(=O)OC(C)(C)C)NC(=O)O)C3)n2)cc1. The van der Waals surface area contributed by atoms with Gasteiger partial charge in [0.2, 0.25) is 17.7 Å². The lowest BCUT2D eigenvalue weighted by molar-refractivity contribution is 0.0600. The summed E-state index contributed by atoms with van der Waals surface area (Å²) in [6.45, 7) is 8.31. The third kappa shape index (κ3) is 10.3. The van der Waals surface area contributed by atoms with Crippen molar-refractivity contribution in [2.45, 2.75) is 103 Å². The number of likely N-dealkylation sites (tertiary alicyclic amines) is 1. The van der Waals surface area contributed by atoms with Crippen LogP contribution in [-0.4, -0.2) is 57.0 Å². The van der Waals surface area contributed by atoms with Crippen LogP contribution in [0.2, 0.25) is 0 Å². The number of benzene rings is 1. The molecule has 1 aliphatic rings. The van der Waals surface area contributed by atoms with Crippen molar-refractivity contribution in [2.24, 2.45) is 4.99 Å². The number of guanidine groups is 1. The highest BCUT2D eigenvalue weighted by molar-refractivity contribution is 5.98. The van der Waals surface area contributed by atoms with Crippen LogP contribution < -0.4 is 5.32 Å². The van der Waals surface area contributed by atoms with Crippen molar-refractivity contribution in [1.82, 2.24) is 20.4 Å². The van der Waals surface area contributed by atoms with E-state index < -0.39 is 17.8 Å². The number of amides is 2. The molecule has 214 valence electrons. The van der Waals surface area contributed by atoms with Gasteiger partial charge in [0.05, 0.1) is 5.92 Å². The maximum atomic E-state index is 12.2. The van der Waals surface area contributed by atoms with Crippen LogP contribution in [0.5, 0.6) is 0 Å². The fourth-order valence-electron chi connectivity index (χ4n) is 4.64. The van der Waals surface area contributed by atoms with E-state index in [1.54, 1.807) is 25.7 Å². The maximum Gasteiger partial charge on any atom is 0.437 e. The lowest BCUT2D eigenvalue weighted by Crippen LogP contribution is -2.48. The molecule has 10 nitrogen and oxygen atoms in total. The summed E-state index contributed by atoms with van der Waals surface area (Å²) >= 11 is 0. The number of unbranched alkanes of at least 4 members (excludes halogenated alkanes) is 6. The molecule has 0 radical (unpaired) electrons. The largest absolute Gasteiger partial charge is 0.465 e. The van der Waals surface area contributed by atoms with Gasteiger partial charge in [-0.05, 0) is 52.0 Å².